The SMILES string of the molecule is O=C(OC(Cl)(Cl)Cl)N1CCC(Nc2ncc(F)c(-c3cccc(-n4ccccc4=O)c3)n2)CC1. The molecule has 1 fully saturated rings. The lowest BCUT2D eigenvalue weighted by atomic mass is 10.1. The van der Waals surface area contributed by atoms with Crippen molar-refractivity contribution in [2.75, 3.05) is 18.4 Å². The Balaban J connectivity index is 1.47. The number of hydrogen-bond donors (Lipinski definition) is 1. The number of piperidine rings is 1. The number of benzene rings is 1. The van der Waals surface area contributed by atoms with Crippen molar-refractivity contribution in [3.8, 4) is 16.9 Å². The van der Waals surface area contributed by atoms with Gasteiger partial charge in [-0.05, 0) is 65.8 Å². The van der Waals surface area contributed by atoms with E-state index in [2.05, 4.69) is 15.3 Å². The van der Waals surface area contributed by atoms with Crippen LogP contribution in [0.3, 0.4) is 0 Å². The molecule has 0 spiro atoms. The maximum Gasteiger partial charge on any atom is 0.413 e. The third kappa shape index (κ3) is 5.97. The molecule has 0 saturated carbocycles. The van der Waals surface area contributed by atoms with E-state index in [9.17, 15) is 14.0 Å². The Labute approximate surface area is 209 Å². The molecule has 1 N–H and O–H groups in total. The van der Waals surface area contributed by atoms with Crippen LogP contribution < -0.4 is 10.9 Å². The second-order valence-corrected chi connectivity index (χ2v) is 9.75. The van der Waals surface area contributed by atoms with E-state index < -0.39 is 15.9 Å². The van der Waals surface area contributed by atoms with Crippen molar-refractivity contribution in [1.82, 2.24) is 19.4 Å². The predicted molar refractivity (Wildman–Crippen MR) is 128 cm³/mol. The lowest BCUT2D eigenvalue weighted by Gasteiger charge is -2.32. The van der Waals surface area contributed by atoms with Gasteiger partial charge in [0.2, 0.25) is 5.95 Å². The third-order valence-corrected chi connectivity index (χ3v) is 5.49. The number of alkyl halides is 3. The van der Waals surface area contributed by atoms with E-state index >= 15 is 0 Å². The number of carbonyl (C=O) groups is 1. The van der Waals surface area contributed by atoms with E-state index in [1.165, 1.54) is 15.5 Å². The number of carbonyl (C=O) groups excluding carboxylic acids is 1. The maximum absolute atomic E-state index is 14.6. The highest BCUT2D eigenvalue weighted by Gasteiger charge is 2.31. The maximum atomic E-state index is 14.6. The number of halogens is 4. The van der Waals surface area contributed by atoms with Crippen LogP contribution >= 0.6 is 34.8 Å². The zero-order valence-electron chi connectivity index (χ0n) is 17.6. The molecule has 4 rings (SSSR count). The van der Waals surface area contributed by atoms with E-state index in [4.69, 9.17) is 39.5 Å². The first-order valence-electron chi connectivity index (χ1n) is 10.3. The molecule has 1 amide bonds. The number of anilines is 1. The Morgan fingerprint density at radius 2 is 1.91 bits per heavy atom. The van der Waals surface area contributed by atoms with E-state index in [-0.39, 0.29) is 23.2 Å². The zero-order chi connectivity index (χ0) is 24.3. The van der Waals surface area contributed by atoms with Crippen molar-refractivity contribution in [3.63, 3.8) is 0 Å². The third-order valence-electron chi connectivity index (χ3n) is 5.25. The van der Waals surface area contributed by atoms with Gasteiger partial charge in [0, 0.05) is 42.6 Å². The van der Waals surface area contributed by atoms with Crippen LogP contribution in [0.5, 0.6) is 0 Å². The Morgan fingerprint density at radius 1 is 1.15 bits per heavy atom. The molecule has 2 aromatic heterocycles. The van der Waals surface area contributed by atoms with Crippen LogP contribution in [0.15, 0.2) is 59.7 Å². The van der Waals surface area contributed by atoms with Gasteiger partial charge in [-0.1, -0.05) is 18.2 Å². The number of ether oxygens (including phenoxy) is 1. The number of aromatic nitrogens is 3. The van der Waals surface area contributed by atoms with Crippen LogP contribution in [0.25, 0.3) is 16.9 Å². The number of pyridine rings is 1. The highest BCUT2D eigenvalue weighted by atomic mass is 35.6. The topological polar surface area (TPSA) is 89.4 Å². The minimum absolute atomic E-state index is 0.0515. The minimum atomic E-state index is -2.11. The summed E-state index contributed by atoms with van der Waals surface area (Å²) in [5.74, 6) is -0.339. The average Bonchev–Trinajstić information content (AvgIpc) is 2.80. The minimum Gasteiger partial charge on any atom is -0.398 e. The van der Waals surface area contributed by atoms with Gasteiger partial charge in [0.25, 0.3) is 5.56 Å². The predicted octanol–water partition coefficient (Wildman–Crippen LogP) is 4.77. The van der Waals surface area contributed by atoms with Crippen molar-refractivity contribution < 1.29 is 13.9 Å². The molecule has 12 heteroatoms. The van der Waals surface area contributed by atoms with Gasteiger partial charge in [-0.25, -0.2) is 19.2 Å². The van der Waals surface area contributed by atoms with Gasteiger partial charge in [0.15, 0.2) is 5.82 Å². The molecular formula is C22H19Cl3FN5O3. The Kier molecular flexibility index (Phi) is 7.25. The van der Waals surface area contributed by atoms with E-state index in [0.717, 1.165) is 6.20 Å². The second kappa shape index (κ2) is 10.2. The van der Waals surface area contributed by atoms with Crippen LogP contribution in [-0.4, -0.2) is 48.6 Å². The molecule has 1 aromatic carbocycles. The van der Waals surface area contributed by atoms with Crippen LogP contribution in [-0.2, 0) is 4.74 Å². The fourth-order valence-electron chi connectivity index (χ4n) is 3.64. The van der Waals surface area contributed by atoms with E-state index in [1.54, 1.807) is 42.6 Å². The molecule has 3 heterocycles. The molecule has 178 valence electrons. The van der Waals surface area contributed by atoms with Crippen molar-refractivity contribution >= 4 is 46.8 Å². The highest BCUT2D eigenvalue weighted by molar-refractivity contribution is 6.66. The largest absolute Gasteiger partial charge is 0.413 e. The second-order valence-electron chi connectivity index (χ2n) is 7.57. The molecule has 0 aliphatic carbocycles. The van der Waals surface area contributed by atoms with Gasteiger partial charge in [0.1, 0.15) is 5.69 Å². The summed E-state index contributed by atoms with van der Waals surface area (Å²) >= 11 is 16.5. The quantitative estimate of drug-likeness (QED) is 0.493. The summed E-state index contributed by atoms with van der Waals surface area (Å²) in [5.41, 5.74) is 0.992. The van der Waals surface area contributed by atoms with E-state index in [1.807, 2.05) is 0 Å². The summed E-state index contributed by atoms with van der Waals surface area (Å²) in [6.45, 7) is 0.748. The van der Waals surface area contributed by atoms with Crippen LogP contribution in [0.1, 0.15) is 12.8 Å². The molecule has 0 radical (unpaired) electrons. The molecule has 1 aliphatic rings. The molecule has 1 saturated heterocycles. The summed E-state index contributed by atoms with van der Waals surface area (Å²) in [6.07, 6.45) is 3.16. The summed E-state index contributed by atoms with van der Waals surface area (Å²) in [6, 6.07) is 11.7. The molecular weight excluding hydrogens is 508 g/mol. The number of likely N-dealkylation sites (tertiary alicyclic amines) is 1. The number of amides is 1. The van der Waals surface area contributed by atoms with Gasteiger partial charge in [-0.2, -0.15) is 0 Å². The smallest absolute Gasteiger partial charge is 0.398 e. The summed E-state index contributed by atoms with van der Waals surface area (Å²) < 4.78 is 18.7. The first-order chi connectivity index (χ1) is 16.2. The summed E-state index contributed by atoms with van der Waals surface area (Å²) in [4.78, 5) is 34.0. The average molecular weight is 527 g/mol. The molecule has 1 aliphatic heterocycles. The van der Waals surface area contributed by atoms with E-state index in [0.29, 0.717) is 37.2 Å². The van der Waals surface area contributed by atoms with Gasteiger partial charge in [-0.3, -0.25) is 9.36 Å². The Morgan fingerprint density at radius 3 is 2.62 bits per heavy atom. The van der Waals surface area contributed by atoms with Crippen molar-refractivity contribution in [1.29, 1.82) is 0 Å². The molecule has 0 bridgehead atoms. The van der Waals surface area contributed by atoms with Gasteiger partial charge in [-0.15, -0.1) is 0 Å². The molecule has 8 nitrogen and oxygen atoms in total. The number of nitrogens with one attached hydrogen (secondary N) is 1. The van der Waals surface area contributed by atoms with Crippen LogP contribution in [0.4, 0.5) is 15.1 Å². The first kappa shape index (κ1) is 24.3. The fourth-order valence-corrected chi connectivity index (χ4v) is 3.83. The summed E-state index contributed by atoms with van der Waals surface area (Å²) in [7, 11) is 0. The van der Waals surface area contributed by atoms with Crippen LogP contribution in [0, 0.1) is 5.82 Å². The molecule has 0 atom stereocenters. The van der Waals surface area contributed by atoms with Crippen molar-refractivity contribution in [2.24, 2.45) is 0 Å². The molecule has 3 aromatic rings. The normalized spacial score (nSPS) is 14.6. The summed E-state index contributed by atoms with van der Waals surface area (Å²) in [5, 5.41) is 3.18. The zero-order valence-corrected chi connectivity index (χ0v) is 19.9. The van der Waals surface area contributed by atoms with Crippen molar-refractivity contribution in [3.05, 3.63) is 71.0 Å². The molecule has 0 unspecified atom stereocenters. The molecule has 34 heavy (non-hydrogen) atoms. The standard InChI is InChI=1S/C22H19Cl3FN5O3/c23-22(24,25)34-21(33)30-10-7-15(8-11-30)28-20-27-13-17(26)19(29-20)14-4-3-5-16(12-14)31-9-2-1-6-18(31)32/h1-6,9,12-13,15H,7-8,10-11H2,(H,27,28,29). The first-order valence-corrected chi connectivity index (χ1v) is 11.5. The lowest BCUT2D eigenvalue weighted by Crippen LogP contribution is -2.43. The highest BCUT2D eigenvalue weighted by Crippen LogP contribution is 2.29. The van der Waals surface area contributed by atoms with Gasteiger partial charge >= 0.3 is 10.1 Å². The van der Waals surface area contributed by atoms with Gasteiger partial charge in [0.05, 0.1) is 6.20 Å². The number of rotatable bonds is 4. The fraction of sp³-hybridized carbons (Fsp3) is 0.273. The Bertz CT molecular complexity index is 1240. The van der Waals surface area contributed by atoms with Crippen LogP contribution in [0.2, 0.25) is 0 Å². The van der Waals surface area contributed by atoms with Gasteiger partial charge < -0.3 is 15.0 Å². The van der Waals surface area contributed by atoms with Crippen molar-refractivity contribution in [2.45, 2.75) is 22.9 Å². The monoisotopic (exact) mass is 525 g/mol. The number of hydrogen-bond acceptors (Lipinski definition) is 6. The number of nitrogens with zero attached hydrogens (tertiary/aromatic N) is 4. The lowest BCUT2D eigenvalue weighted by molar-refractivity contribution is 0.0917. The Hall–Kier alpha value is -2.88.